The van der Waals surface area contributed by atoms with E-state index in [9.17, 15) is 14.4 Å². The lowest BCUT2D eigenvalue weighted by molar-refractivity contribution is 0.0480. The summed E-state index contributed by atoms with van der Waals surface area (Å²) in [6.45, 7) is 9.17. The van der Waals surface area contributed by atoms with Crippen molar-refractivity contribution in [2.24, 2.45) is 0 Å². The molecule has 0 spiro atoms. The predicted molar refractivity (Wildman–Crippen MR) is 104 cm³/mol. The lowest BCUT2D eigenvalue weighted by atomic mass is 10.0. The number of amides is 1. The zero-order chi connectivity index (χ0) is 20.8. The van der Waals surface area contributed by atoms with Gasteiger partial charge in [0.15, 0.2) is 0 Å². The molecule has 7 heteroatoms. The molecule has 7 nitrogen and oxygen atoms in total. The fourth-order valence-electron chi connectivity index (χ4n) is 2.67. The van der Waals surface area contributed by atoms with E-state index in [1.807, 2.05) is 12.1 Å². The maximum Gasteiger partial charge on any atom is 0.344 e. The number of hydrogen-bond donors (Lipinski definition) is 1. The van der Waals surface area contributed by atoms with E-state index in [0.717, 1.165) is 5.56 Å². The van der Waals surface area contributed by atoms with Gasteiger partial charge in [0.1, 0.15) is 16.9 Å². The Morgan fingerprint density at radius 3 is 2.00 bits per heavy atom. The van der Waals surface area contributed by atoms with Crippen LogP contribution in [-0.2, 0) is 9.47 Å². The van der Waals surface area contributed by atoms with Crippen LogP contribution in [0.4, 0.5) is 5.88 Å². The summed E-state index contributed by atoms with van der Waals surface area (Å²) >= 11 is 0. The summed E-state index contributed by atoms with van der Waals surface area (Å²) in [7, 11) is 0. The topological polar surface area (TPSA) is 94.8 Å². The average molecular weight is 387 g/mol. The molecule has 0 atom stereocenters. The number of benzene rings is 1. The Kier molecular flexibility index (Phi) is 6.98. The molecule has 1 aromatic heterocycles. The van der Waals surface area contributed by atoms with Crippen LogP contribution in [0, 0.1) is 6.92 Å². The van der Waals surface area contributed by atoms with E-state index in [4.69, 9.17) is 13.9 Å². The number of carbonyl (C=O) groups is 3. The third-order valence-corrected chi connectivity index (χ3v) is 4.11. The molecule has 0 bridgehead atoms. The third kappa shape index (κ3) is 4.60. The average Bonchev–Trinajstić information content (AvgIpc) is 2.98. The van der Waals surface area contributed by atoms with Crippen LogP contribution in [0.5, 0.6) is 0 Å². The molecular formula is C21H25NO6. The van der Waals surface area contributed by atoms with Gasteiger partial charge in [-0.3, -0.25) is 10.1 Å². The van der Waals surface area contributed by atoms with Gasteiger partial charge in [-0.1, -0.05) is 26.0 Å². The van der Waals surface area contributed by atoms with Crippen molar-refractivity contribution >= 4 is 23.7 Å². The second-order valence-corrected chi connectivity index (χ2v) is 6.41. The lowest BCUT2D eigenvalue weighted by Gasteiger charge is -2.08. The molecule has 1 aromatic carbocycles. The molecule has 0 radical (unpaired) electrons. The van der Waals surface area contributed by atoms with Crippen molar-refractivity contribution in [3.8, 4) is 0 Å². The normalized spacial score (nSPS) is 10.6. The third-order valence-electron chi connectivity index (χ3n) is 4.11. The minimum atomic E-state index is -0.771. The maximum atomic E-state index is 12.6. The van der Waals surface area contributed by atoms with E-state index in [1.165, 1.54) is 6.92 Å². The molecule has 0 unspecified atom stereocenters. The summed E-state index contributed by atoms with van der Waals surface area (Å²) in [5.74, 6) is -1.59. The van der Waals surface area contributed by atoms with Crippen LogP contribution in [0.25, 0.3) is 0 Å². The van der Waals surface area contributed by atoms with Gasteiger partial charge in [-0.15, -0.1) is 0 Å². The first-order valence-electron chi connectivity index (χ1n) is 9.19. The number of furan rings is 1. The maximum absolute atomic E-state index is 12.6. The molecule has 28 heavy (non-hydrogen) atoms. The first kappa shape index (κ1) is 21.2. The van der Waals surface area contributed by atoms with Gasteiger partial charge in [-0.05, 0) is 44.4 Å². The SMILES string of the molecule is CCOC(=O)c1c(C)oc(NC(=O)c2ccc(C(C)C)cc2)c1C(=O)OCC. The Hall–Kier alpha value is -3.09. The van der Waals surface area contributed by atoms with Crippen LogP contribution >= 0.6 is 0 Å². The van der Waals surface area contributed by atoms with Gasteiger partial charge >= 0.3 is 11.9 Å². The summed E-state index contributed by atoms with van der Waals surface area (Å²) in [4.78, 5) is 37.3. The molecule has 1 N–H and O–H groups in total. The lowest BCUT2D eigenvalue weighted by Crippen LogP contribution is -2.17. The largest absolute Gasteiger partial charge is 0.462 e. The molecule has 2 rings (SSSR count). The van der Waals surface area contributed by atoms with Crippen LogP contribution in [0.15, 0.2) is 28.7 Å². The highest BCUT2D eigenvalue weighted by atomic mass is 16.5. The molecule has 1 heterocycles. The molecule has 0 fully saturated rings. The Balaban J connectivity index is 2.38. The molecule has 0 saturated carbocycles. The van der Waals surface area contributed by atoms with Gasteiger partial charge in [0.2, 0.25) is 5.88 Å². The van der Waals surface area contributed by atoms with Crippen molar-refractivity contribution in [3.63, 3.8) is 0 Å². The Bertz CT molecular complexity index is 864. The standard InChI is InChI=1S/C21H25NO6/c1-6-26-20(24)16-13(5)28-19(17(16)21(25)27-7-2)22-18(23)15-10-8-14(9-11-15)12(3)4/h8-12H,6-7H2,1-5H3,(H,22,23). The molecule has 1 amide bonds. The highest BCUT2D eigenvalue weighted by molar-refractivity contribution is 6.11. The van der Waals surface area contributed by atoms with Crippen molar-refractivity contribution in [2.45, 2.75) is 40.5 Å². The minimum absolute atomic E-state index is 0.0502. The van der Waals surface area contributed by atoms with Gasteiger partial charge < -0.3 is 13.9 Å². The Morgan fingerprint density at radius 1 is 0.964 bits per heavy atom. The summed E-state index contributed by atoms with van der Waals surface area (Å²) < 4.78 is 15.5. The molecule has 0 aliphatic rings. The van der Waals surface area contributed by atoms with E-state index in [1.54, 1.807) is 26.0 Å². The van der Waals surface area contributed by atoms with Crippen LogP contribution in [0.3, 0.4) is 0 Å². The van der Waals surface area contributed by atoms with E-state index < -0.39 is 17.8 Å². The van der Waals surface area contributed by atoms with Gasteiger partial charge in [0, 0.05) is 5.56 Å². The number of rotatable bonds is 7. The molecule has 0 aliphatic heterocycles. The second kappa shape index (κ2) is 9.21. The number of aryl methyl sites for hydroxylation is 1. The van der Waals surface area contributed by atoms with Gasteiger partial charge in [-0.2, -0.15) is 0 Å². The number of esters is 2. The molecule has 0 saturated heterocycles. The van der Waals surface area contributed by atoms with Crippen molar-refractivity contribution in [2.75, 3.05) is 18.5 Å². The summed E-state index contributed by atoms with van der Waals surface area (Å²) in [6, 6.07) is 7.11. The first-order valence-corrected chi connectivity index (χ1v) is 9.19. The zero-order valence-electron chi connectivity index (χ0n) is 16.8. The monoisotopic (exact) mass is 387 g/mol. The minimum Gasteiger partial charge on any atom is -0.462 e. The van der Waals surface area contributed by atoms with Gasteiger partial charge in [0.05, 0.1) is 13.2 Å². The zero-order valence-corrected chi connectivity index (χ0v) is 16.8. The van der Waals surface area contributed by atoms with Crippen LogP contribution in [0.2, 0.25) is 0 Å². The number of hydrogen-bond acceptors (Lipinski definition) is 6. The van der Waals surface area contributed by atoms with Crippen molar-refractivity contribution in [1.29, 1.82) is 0 Å². The highest BCUT2D eigenvalue weighted by Crippen LogP contribution is 2.29. The van der Waals surface area contributed by atoms with Crippen molar-refractivity contribution in [3.05, 3.63) is 52.3 Å². The molecular weight excluding hydrogens is 362 g/mol. The number of anilines is 1. The van der Waals surface area contributed by atoms with E-state index in [2.05, 4.69) is 19.2 Å². The summed E-state index contributed by atoms with van der Waals surface area (Å²) in [6.07, 6.45) is 0. The van der Waals surface area contributed by atoms with Crippen LogP contribution < -0.4 is 5.32 Å². The smallest absolute Gasteiger partial charge is 0.344 e. The molecule has 150 valence electrons. The van der Waals surface area contributed by atoms with E-state index >= 15 is 0 Å². The quantitative estimate of drug-likeness (QED) is 0.711. The predicted octanol–water partition coefficient (Wildman–Crippen LogP) is 4.32. The summed E-state index contributed by atoms with van der Waals surface area (Å²) in [5.41, 5.74) is 1.30. The van der Waals surface area contributed by atoms with Gasteiger partial charge in [0.25, 0.3) is 5.91 Å². The second-order valence-electron chi connectivity index (χ2n) is 6.41. The van der Waals surface area contributed by atoms with E-state index in [-0.39, 0.29) is 36.0 Å². The number of carbonyl (C=O) groups excluding carboxylic acids is 3. The summed E-state index contributed by atoms with van der Waals surface area (Å²) in [5, 5.41) is 2.56. The highest BCUT2D eigenvalue weighted by Gasteiger charge is 2.31. The molecule has 2 aromatic rings. The van der Waals surface area contributed by atoms with Crippen LogP contribution in [-0.4, -0.2) is 31.1 Å². The van der Waals surface area contributed by atoms with Crippen LogP contribution in [0.1, 0.15) is 76.0 Å². The van der Waals surface area contributed by atoms with E-state index in [0.29, 0.717) is 11.5 Å². The fourth-order valence-corrected chi connectivity index (χ4v) is 2.67. The van der Waals surface area contributed by atoms with Crippen molar-refractivity contribution in [1.82, 2.24) is 0 Å². The fraction of sp³-hybridized carbons (Fsp3) is 0.381. The number of ether oxygens (including phenoxy) is 2. The van der Waals surface area contributed by atoms with Gasteiger partial charge in [-0.25, -0.2) is 9.59 Å². The Morgan fingerprint density at radius 2 is 1.50 bits per heavy atom. The Labute approximate surface area is 164 Å². The number of nitrogens with one attached hydrogen (secondary N) is 1. The molecule has 0 aliphatic carbocycles. The van der Waals surface area contributed by atoms with Crippen molar-refractivity contribution < 1.29 is 28.3 Å². The first-order chi connectivity index (χ1) is 13.3.